The second-order valence-corrected chi connectivity index (χ2v) is 5.22. The fourth-order valence-corrected chi connectivity index (χ4v) is 1.98. The van der Waals surface area contributed by atoms with Crippen molar-refractivity contribution in [1.82, 2.24) is 10.6 Å². The van der Waals surface area contributed by atoms with Gasteiger partial charge >= 0.3 is 0 Å². The summed E-state index contributed by atoms with van der Waals surface area (Å²) in [5.41, 5.74) is 0.879. The van der Waals surface area contributed by atoms with Crippen LogP contribution in [0, 0.1) is 5.41 Å². The summed E-state index contributed by atoms with van der Waals surface area (Å²) in [5.74, 6) is 0.0675. The van der Waals surface area contributed by atoms with Gasteiger partial charge in [0, 0.05) is 19.6 Å². The van der Waals surface area contributed by atoms with E-state index in [1.165, 1.54) is 5.56 Å². The van der Waals surface area contributed by atoms with Crippen molar-refractivity contribution in [2.45, 2.75) is 33.2 Å². The van der Waals surface area contributed by atoms with E-state index < -0.39 is 5.41 Å². The molecule has 0 radical (unpaired) electrons. The lowest BCUT2D eigenvalue weighted by Crippen LogP contribution is -2.42. The van der Waals surface area contributed by atoms with E-state index in [0.717, 1.165) is 6.42 Å². The summed E-state index contributed by atoms with van der Waals surface area (Å²) in [7, 11) is 1.68. The zero-order valence-corrected chi connectivity index (χ0v) is 11.8. The molecule has 0 saturated heterocycles. The van der Waals surface area contributed by atoms with Gasteiger partial charge in [0.05, 0.1) is 5.41 Å². The van der Waals surface area contributed by atoms with E-state index in [9.17, 15) is 4.79 Å². The topological polar surface area (TPSA) is 41.1 Å². The Labute approximate surface area is 110 Å². The number of rotatable bonds is 6. The predicted octanol–water partition coefficient (Wildman–Crippen LogP) is 2.50. The molecule has 3 nitrogen and oxygen atoms in total. The summed E-state index contributed by atoms with van der Waals surface area (Å²) < 4.78 is 0. The van der Waals surface area contributed by atoms with Crippen LogP contribution in [0.4, 0.5) is 0 Å². The Balaban J connectivity index is 2.63. The van der Waals surface area contributed by atoms with Gasteiger partial charge < -0.3 is 10.6 Å². The third-order valence-electron chi connectivity index (χ3n) is 3.24. The van der Waals surface area contributed by atoms with Crippen LogP contribution >= 0.6 is 0 Å². The van der Waals surface area contributed by atoms with Gasteiger partial charge in [0.15, 0.2) is 0 Å². The average Bonchev–Trinajstić information content (AvgIpc) is 2.39. The van der Waals surface area contributed by atoms with E-state index in [0.29, 0.717) is 12.6 Å². The smallest absolute Gasteiger partial charge is 0.226 e. The first-order chi connectivity index (χ1) is 8.51. The van der Waals surface area contributed by atoms with Crippen LogP contribution in [0.1, 0.15) is 38.8 Å². The minimum atomic E-state index is -0.392. The van der Waals surface area contributed by atoms with E-state index in [1.54, 1.807) is 7.05 Å². The van der Waals surface area contributed by atoms with Crippen molar-refractivity contribution in [3.63, 3.8) is 0 Å². The molecule has 1 aromatic carbocycles. The van der Waals surface area contributed by atoms with Crippen LogP contribution in [0.25, 0.3) is 0 Å². The molecule has 0 aliphatic carbocycles. The molecule has 0 aromatic heterocycles. The lowest BCUT2D eigenvalue weighted by molar-refractivity contribution is -0.128. The molecule has 0 saturated carbocycles. The van der Waals surface area contributed by atoms with Gasteiger partial charge in [-0.3, -0.25) is 4.79 Å². The van der Waals surface area contributed by atoms with Gasteiger partial charge in [0.25, 0.3) is 0 Å². The number of benzene rings is 1. The van der Waals surface area contributed by atoms with Gasteiger partial charge in [-0.05, 0) is 25.8 Å². The van der Waals surface area contributed by atoms with Crippen molar-refractivity contribution >= 4 is 5.91 Å². The normalized spacial score (nSPS) is 13.1. The van der Waals surface area contributed by atoms with Crippen molar-refractivity contribution in [1.29, 1.82) is 0 Å². The molecular formula is C15H24N2O. The van der Waals surface area contributed by atoms with Gasteiger partial charge in [0.1, 0.15) is 0 Å². The molecule has 3 heteroatoms. The maximum Gasteiger partial charge on any atom is 0.226 e. The van der Waals surface area contributed by atoms with E-state index >= 15 is 0 Å². The molecule has 0 heterocycles. The first-order valence-electron chi connectivity index (χ1n) is 6.51. The summed E-state index contributed by atoms with van der Waals surface area (Å²) in [6.07, 6.45) is 1.01. The summed E-state index contributed by atoms with van der Waals surface area (Å²) in [6.45, 7) is 6.73. The number of hydrogen-bond acceptors (Lipinski definition) is 2. The van der Waals surface area contributed by atoms with Gasteiger partial charge in [-0.25, -0.2) is 0 Å². The number of amides is 1. The SMILES string of the molecule is CCC(NCC(C)(C)C(=O)NC)c1ccccc1. The highest BCUT2D eigenvalue weighted by Gasteiger charge is 2.27. The maximum absolute atomic E-state index is 11.7. The first-order valence-corrected chi connectivity index (χ1v) is 6.51. The van der Waals surface area contributed by atoms with Gasteiger partial charge in [0.2, 0.25) is 5.91 Å². The highest BCUT2D eigenvalue weighted by molar-refractivity contribution is 5.81. The van der Waals surface area contributed by atoms with Gasteiger partial charge in [-0.1, -0.05) is 37.3 Å². The van der Waals surface area contributed by atoms with Crippen LogP contribution in [-0.4, -0.2) is 19.5 Å². The van der Waals surface area contributed by atoms with Crippen molar-refractivity contribution in [3.8, 4) is 0 Å². The van der Waals surface area contributed by atoms with Crippen molar-refractivity contribution in [2.24, 2.45) is 5.41 Å². The molecule has 100 valence electrons. The Morgan fingerprint density at radius 1 is 1.28 bits per heavy atom. The molecule has 18 heavy (non-hydrogen) atoms. The van der Waals surface area contributed by atoms with Crippen LogP contribution < -0.4 is 10.6 Å². The monoisotopic (exact) mass is 248 g/mol. The standard InChI is InChI=1S/C15H24N2O/c1-5-13(12-9-7-6-8-10-12)17-11-15(2,3)14(18)16-4/h6-10,13,17H,5,11H2,1-4H3,(H,16,18). The number of hydrogen-bond donors (Lipinski definition) is 2. The molecule has 1 atom stereocenters. The molecule has 0 aliphatic rings. The van der Waals surface area contributed by atoms with E-state index in [4.69, 9.17) is 0 Å². The molecule has 2 N–H and O–H groups in total. The molecule has 1 unspecified atom stereocenters. The molecule has 1 amide bonds. The van der Waals surface area contributed by atoms with Crippen LogP contribution in [0.15, 0.2) is 30.3 Å². The Morgan fingerprint density at radius 2 is 1.89 bits per heavy atom. The molecule has 1 aromatic rings. The minimum Gasteiger partial charge on any atom is -0.359 e. The fraction of sp³-hybridized carbons (Fsp3) is 0.533. The highest BCUT2D eigenvalue weighted by atomic mass is 16.2. The Kier molecular flexibility index (Phi) is 5.35. The van der Waals surface area contributed by atoms with Crippen LogP contribution in [0.2, 0.25) is 0 Å². The van der Waals surface area contributed by atoms with Crippen LogP contribution in [0.3, 0.4) is 0 Å². The Hall–Kier alpha value is -1.35. The Bertz CT molecular complexity index is 373. The fourth-order valence-electron chi connectivity index (χ4n) is 1.98. The summed E-state index contributed by atoms with van der Waals surface area (Å²) in [5, 5.41) is 6.19. The van der Waals surface area contributed by atoms with Gasteiger partial charge in [-0.2, -0.15) is 0 Å². The molecule has 0 fully saturated rings. The first kappa shape index (κ1) is 14.7. The maximum atomic E-state index is 11.7. The third kappa shape index (κ3) is 3.84. The zero-order chi connectivity index (χ0) is 13.6. The number of carbonyl (C=O) groups is 1. The van der Waals surface area contributed by atoms with E-state index in [2.05, 4.69) is 29.7 Å². The van der Waals surface area contributed by atoms with Crippen molar-refractivity contribution < 1.29 is 4.79 Å². The number of nitrogens with one attached hydrogen (secondary N) is 2. The highest BCUT2D eigenvalue weighted by Crippen LogP contribution is 2.19. The van der Waals surface area contributed by atoms with E-state index in [-0.39, 0.29) is 5.91 Å². The molecule has 0 spiro atoms. The lowest BCUT2D eigenvalue weighted by atomic mass is 9.91. The van der Waals surface area contributed by atoms with Gasteiger partial charge in [-0.15, -0.1) is 0 Å². The van der Waals surface area contributed by atoms with E-state index in [1.807, 2.05) is 32.0 Å². The molecule has 0 aliphatic heterocycles. The van der Waals surface area contributed by atoms with Crippen molar-refractivity contribution in [3.05, 3.63) is 35.9 Å². The largest absolute Gasteiger partial charge is 0.359 e. The van der Waals surface area contributed by atoms with Crippen molar-refractivity contribution in [2.75, 3.05) is 13.6 Å². The molecule has 1 rings (SSSR count). The average molecular weight is 248 g/mol. The minimum absolute atomic E-state index is 0.0675. The zero-order valence-electron chi connectivity index (χ0n) is 11.8. The quantitative estimate of drug-likeness (QED) is 0.812. The lowest BCUT2D eigenvalue weighted by Gasteiger charge is -2.26. The predicted molar refractivity (Wildman–Crippen MR) is 75.3 cm³/mol. The molecular weight excluding hydrogens is 224 g/mol. The summed E-state index contributed by atoms with van der Waals surface area (Å²) in [4.78, 5) is 11.7. The third-order valence-corrected chi connectivity index (χ3v) is 3.24. The second-order valence-electron chi connectivity index (χ2n) is 5.22. The number of carbonyl (C=O) groups excluding carboxylic acids is 1. The summed E-state index contributed by atoms with van der Waals surface area (Å²) in [6, 6.07) is 10.6. The molecule has 0 bridgehead atoms. The van der Waals surface area contributed by atoms with Crippen LogP contribution in [0.5, 0.6) is 0 Å². The summed E-state index contributed by atoms with van der Waals surface area (Å²) >= 11 is 0. The van der Waals surface area contributed by atoms with Crippen LogP contribution in [-0.2, 0) is 4.79 Å². The Morgan fingerprint density at radius 3 is 2.39 bits per heavy atom. The second kappa shape index (κ2) is 6.55.